The Morgan fingerprint density at radius 2 is 2.00 bits per heavy atom. The van der Waals surface area contributed by atoms with Gasteiger partial charge in [-0.25, -0.2) is 0 Å². The second-order valence-corrected chi connectivity index (χ2v) is 7.27. The van der Waals surface area contributed by atoms with E-state index in [-0.39, 0.29) is 5.78 Å². The van der Waals surface area contributed by atoms with Gasteiger partial charge >= 0.3 is 0 Å². The lowest BCUT2D eigenvalue weighted by Crippen LogP contribution is -2.57. The minimum Gasteiger partial charge on any atom is -0.302 e. The maximum atomic E-state index is 12.2. The van der Waals surface area contributed by atoms with Crippen molar-refractivity contribution in [3.63, 3.8) is 0 Å². The SMILES string of the molecule is Cc1ccc(C(=O)CN(C)CC2(N(C)C)CCC2)s1. The first-order valence-electron chi connectivity index (χ1n) is 6.88. The third-order valence-corrected chi connectivity index (χ3v) is 5.27. The highest BCUT2D eigenvalue weighted by molar-refractivity contribution is 7.14. The molecule has 1 fully saturated rings. The summed E-state index contributed by atoms with van der Waals surface area (Å²) in [6, 6.07) is 3.96. The normalized spacial score (nSPS) is 17.8. The number of nitrogens with zero attached hydrogens (tertiary/aromatic N) is 2. The number of ketones is 1. The van der Waals surface area contributed by atoms with Gasteiger partial charge in [-0.3, -0.25) is 9.69 Å². The van der Waals surface area contributed by atoms with Crippen LogP contribution in [0.1, 0.15) is 33.8 Å². The molecule has 0 bridgehead atoms. The summed E-state index contributed by atoms with van der Waals surface area (Å²) in [7, 11) is 6.36. The van der Waals surface area contributed by atoms with Gasteiger partial charge in [-0.15, -0.1) is 11.3 Å². The molecule has 2 rings (SSSR count). The van der Waals surface area contributed by atoms with Crippen molar-refractivity contribution in [3.05, 3.63) is 21.9 Å². The van der Waals surface area contributed by atoms with Crippen LogP contribution in [-0.2, 0) is 0 Å². The summed E-state index contributed by atoms with van der Waals surface area (Å²) in [4.78, 5) is 18.8. The second-order valence-electron chi connectivity index (χ2n) is 5.98. The Kier molecular flexibility index (Phi) is 4.43. The third kappa shape index (κ3) is 3.25. The minimum absolute atomic E-state index is 0.244. The molecule has 1 saturated carbocycles. The summed E-state index contributed by atoms with van der Waals surface area (Å²) in [6.45, 7) is 3.55. The maximum Gasteiger partial charge on any atom is 0.186 e. The lowest BCUT2D eigenvalue weighted by atomic mass is 9.75. The summed E-state index contributed by atoms with van der Waals surface area (Å²) in [5.41, 5.74) is 0.292. The Morgan fingerprint density at radius 1 is 1.32 bits per heavy atom. The zero-order chi connectivity index (χ0) is 14.0. The fourth-order valence-electron chi connectivity index (χ4n) is 2.80. The van der Waals surface area contributed by atoms with Crippen LogP contribution in [0.4, 0.5) is 0 Å². The Balaban J connectivity index is 1.90. The van der Waals surface area contributed by atoms with Gasteiger partial charge in [0.05, 0.1) is 11.4 Å². The minimum atomic E-state index is 0.244. The largest absolute Gasteiger partial charge is 0.302 e. The monoisotopic (exact) mass is 280 g/mol. The second kappa shape index (κ2) is 5.73. The summed E-state index contributed by atoms with van der Waals surface area (Å²) in [6.07, 6.45) is 3.80. The molecule has 106 valence electrons. The van der Waals surface area contributed by atoms with E-state index in [2.05, 4.69) is 30.9 Å². The van der Waals surface area contributed by atoms with Crippen molar-refractivity contribution in [3.8, 4) is 0 Å². The van der Waals surface area contributed by atoms with E-state index in [0.29, 0.717) is 12.1 Å². The Labute approximate surface area is 120 Å². The predicted octanol–water partition coefficient (Wildman–Crippen LogP) is 2.66. The first-order valence-corrected chi connectivity index (χ1v) is 7.70. The fraction of sp³-hybridized carbons (Fsp3) is 0.667. The molecule has 0 atom stereocenters. The molecule has 0 N–H and O–H groups in total. The number of Topliss-reactive ketones (excluding diaryl/α,β-unsaturated/α-hetero) is 1. The van der Waals surface area contributed by atoms with Gasteiger partial charge in [-0.2, -0.15) is 0 Å². The topological polar surface area (TPSA) is 23.6 Å². The van der Waals surface area contributed by atoms with Gasteiger partial charge < -0.3 is 4.90 Å². The van der Waals surface area contributed by atoms with Crippen LogP contribution in [-0.4, -0.2) is 55.4 Å². The molecule has 1 aromatic heterocycles. The molecule has 1 aromatic rings. The van der Waals surface area contributed by atoms with E-state index in [1.54, 1.807) is 11.3 Å². The first kappa shape index (κ1) is 14.7. The van der Waals surface area contributed by atoms with Crippen molar-refractivity contribution < 1.29 is 4.79 Å². The molecule has 0 aromatic carbocycles. The zero-order valence-corrected chi connectivity index (χ0v) is 13.2. The third-order valence-electron chi connectivity index (χ3n) is 4.23. The van der Waals surface area contributed by atoms with E-state index in [4.69, 9.17) is 0 Å². The molecule has 0 radical (unpaired) electrons. The Morgan fingerprint density at radius 3 is 2.42 bits per heavy atom. The molecule has 1 aliphatic rings. The molecular weight excluding hydrogens is 256 g/mol. The molecule has 0 spiro atoms. The van der Waals surface area contributed by atoms with Gasteiger partial charge in [0, 0.05) is 17.0 Å². The quantitative estimate of drug-likeness (QED) is 0.749. The number of carbonyl (C=O) groups excluding carboxylic acids is 1. The molecule has 0 aliphatic heterocycles. The number of aryl methyl sites for hydroxylation is 1. The number of thiophene rings is 1. The standard InChI is InChI=1S/C15H24N2OS/c1-12-6-7-14(19-12)13(18)10-17(4)11-15(16(2)3)8-5-9-15/h6-7H,5,8-11H2,1-4H3. The van der Waals surface area contributed by atoms with Gasteiger partial charge in [-0.1, -0.05) is 0 Å². The predicted molar refractivity (Wildman–Crippen MR) is 81.2 cm³/mol. The van der Waals surface area contributed by atoms with Crippen LogP contribution in [0.3, 0.4) is 0 Å². The van der Waals surface area contributed by atoms with Crippen LogP contribution in [0.15, 0.2) is 12.1 Å². The van der Waals surface area contributed by atoms with Crippen molar-refractivity contribution in [1.29, 1.82) is 0 Å². The summed E-state index contributed by atoms with van der Waals surface area (Å²) in [5.74, 6) is 0.244. The maximum absolute atomic E-state index is 12.2. The van der Waals surface area contributed by atoms with E-state index in [9.17, 15) is 4.79 Å². The van der Waals surface area contributed by atoms with Crippen molar-refractivity contribution in [2.45, 2.75) is 31.7 Å². The van der Waals surface area contributed by atoms with Gasteiger partial charge in [0.2, 0.25) is 0 Å². The first-order chi connectivity index (χ1) is 8.93. The molecule has 1 heterocycles. The van der Waals surface area contributed by atoms with Crippen LogP contribution in [0.5, 0.6) is 0 Å². The van der Waals surface area contributed by atoms with Crippen molar-refractivity contribution >= 4 is 17.1 Å². The number of rotatable bonds is 6. The summed E-state index contributed by atoms with van der Waals surface area (Å²) >= 11 is 1.60. The lowest BCUT2D eigenvalue weighted by Gasteiger charge is -2.49. The summed E-state index contributed by atoms with van der Waals surface area (Å²) in [5, 5.41) is 0. The zero-order valence-electron chi connectivity index (χ0n) is 12.4. The van der Waals surface area contributed by atoms with Crippen molar-refractivity contribution in [1.82, 2.24) is 9.80 Å². The van der Waals surface area contributed by atoms with E-state index < -0.39 is 0 Å². The average molecular weight is 280 g/mol. The van der Waals surface area contributed by atoms with Crippen LogP contribution >= 0.6 is 11.3 Å². The molecule has 0 amide bonds. The van der Waals surface area contributed by atoms with Crippen LogP contribution in [0, 0.1) is 6.92 Å². The molecular formula is C15H24N2OS. The fourth-order valence-corrected chi connectivity index (χ4v) is 3.59. The highest BCUT2D eigenvalue weighted by Crippen LogP contribution is 2.36. The Bertz CT molecular complexity index is 449. The van der Waals surface area contributed by atoms with Gasteiger partial charge in [0.1, 0.15) is 0 Å². The highest BCUT2D eigenvalue weighted by atomic mass is 32.1. The van der Waals surface area contributed by atoms with Gasteiger partial charge in [-0.05, 0) is 59.5 Å². The number of hydrogen-bond acceptors (Lipinski definition) is 4. The number of hydrogen-bond donors (Lipinski definition) is 0. The van der Waals surface area contributed by atoms with E-state index >= 15 is 0 Å². The molecule has 3 nitrogen and oxygen atoms in total. The van der Waals surface area contributed by atoms with Crippen molar-refractivity contribution in [2.24, 2.45) is 0 Å². The average Bonchev–Trinajstić information content (AvgIpc) is 2.69. The van der Waals surface area contributed by atoms with E-state index in [1.165, 1.54) is 24.1 Å². The molecule has 4 heteroatoms. The van der Waals surface area contributed by atoms with E-state index in [0.717, 1.165) is 11.4 Å². The Hall–Kier alpha value is -0.710. The van der Waals surface area contributed by atoms with Crippen molar-refractivity contribution in [2.75, 3.05) is 34.2 Å². The molecule has 0 unspecified atom stereocenters. The molecule has 0 saturated heterocycles. The van der Waals surface area contributed by atoms with E-state index in [1.807, 2.05) is 19.1 Å². The highest BCUT2D eigenvalue weighted by Gasteiger charge is 2.39. The number of carbonyl (C=O) groups is 1. The van der Waals surface area contributed by atoms with Gasteiger partial charge in [0.15, 0.2) is 5.78 Å². The summed E-state index contributed by atoms with van der Waals surface area (Å²) < 4.78 is 0. The number of likely N-dealkylation sites (N-methyl/N-ethyl adjacent to an activating group) is 2. The smallest absolute Gasteiger partial charge is 0.186 e. The lowest BCUT2D eigenvalue weighted by molar-refractivity contribution is 0.0281. The van der Waals surface area contributed by atoms with Crippen LogP contribution in [0.25, 0.3) is 0 Å². The molecule has 19 heavy (non-hydrogen) atoms. The van der Waals surface area contributed by atoms with Crippen LogP contribution in [0.2, 0.25) is 0 Å². The van der Waals surface area contributed by atoms with Crippen LogP contribution < -0.4 is 0 Å². The van der Waals surface area contributed by atoms with Gasteiger partial charge in [0.25, 0.3) is 0 Å². The molecule has 1 aliphatic carbocycles.